The van der Waals surface area contributed by atoms with E-state index in [2.05, 4.69) is 5.32 Å². The maximum atomic E-state index is 12.2. The summed E-state index contributed by atoms with van der Waals surface area (Å²) in [7, 11) is 3.20. The van der Waals surface area contributed by atoms with Crippen LogP contribution in [0.2, 0.25) is 0 Å². The van der Waals surface area contributed by atoms with Gasteiger partial charge in [0.1, 0.15) is 11.5 Å². The lowest BCUT2D eigenvalue weighted by molar-refractivity contribution is -0.120. The predicted octanol–water partition coefficient (Wildman–Crippen LogP) is 2.69. The molecular weight excluding hydrogens is 242 g/mol. The van der Waals surface area contributed by atoms with Gasteiger partial charge in [0.15, 0.2) is 0 Å². The molecule has 19 heavy (non-hydrogen) atoms. The van der Waals surface area contributed by atoms with Crippen molar-refractivity contribution in [1.29, 1.82) is 0 Å². The molecule has 4 heteroatoms. The highest BCUT2D eigenvalue weighted by molar-refractivity contribution is 5.93. The summed E-state index contributed by atoms with van der Waals surface area (Å²) in [6.07, 6.45) is 3.44. The van der Waals surface area contributed by atoms with E-state index in [0.29, 0.717) is 11.5 Å². The molecule has 102 valence electrons. The number of ether oxygens (including phenoxy) is 2. The number of anilines is 1. The van der Waals surface area contributed by atoms with Gasteiger partial charge in [-0.1, -0.05) is 0 Å². The van der Waals surface area contributed by atoms with Gasteiger partial charge in [0.2, 0.25) is 5.91 Å². The molecule has 0 spiro atoms. The van der Waals surface area contributed by atoms with E-state index in [4.69, 9.17) is 9.47 Å². The minimum atomic E-state index is 0.127. The molecule has 1 aromatic rings. The van der Waals surface area contributed by atoms with Crippen LogP contribution in [0.3, 0.4) is 0 Å². The van der Waals surface area contributed by atoms with E-state index in [1.54, 1.807) is 20.3 Å². The van der Waals surface area contributed by atoms with Crippen LogP contribution < -0.4 is 14.8 Å². The van der Waals surface area contributed by atoms with E-state index in [1.165, 1.54) is 6.42 Å². The van der Waals surface area contributed by atoms with Crippen LogP contribution in [0.1, 0.15) is 19.3 Å². The third-order valence-corrected chi connectivity index (χ3v) is 4.23. The normalized spacial score (nSPS) is 27.6. The van der Waals surface area contributed by atoms with Crippen LogP contribution in [0.5, 0.6) is 11.5 Å². The lowest BCUT2D eigenvalue weighted by atomic mass is 10.0. The number of methoxy groups -OCH3 is 2. The summed E-state index contributed by atoms with van der Waals surface area (Å²) in [6.45, 7) is 0. The highest BCUT2D eigenvalue weighted by atomic mass is 16.5. The fraction of sp³-hybridized carbons (Fsp3) is 0.533. The average Bonchev–Trinajstić information content (AvgIpc) is 3.04. The summed E-state index contributed by atoms with van der Waals surface area (Å²) < 4.78 is 10.4. The van der Waals surface area contributed by atoms with Crippen LogP contribution in [0.15, 0.2) is 18.2 Å². The molecular formula is C15H19NO3. The highest BCUT2D eigenvalue weighted by Crippen LogP contribution is 2.54. The average molecular weight is 261 g/mol. The van der Waals surface area contributed by atoms with E-state index >= 15 is 0 Å². The van der Waals surface area contributed by atoms with Gasteiger partial charge < -0.3 is 14.8 Å². The highest BCUT2D eigenvalue weighted by Gasteiger charge is 2.47. The number of hydrogen-bond donors (Lipinski definition) is 1. The number of benzene rings is 1. The summed E-state index contributed by atoms with van der Waals surface area (Å²) in [4.78, 5) is 12.2. The van der Waals surface area contributed by atoms with Crippen molar-refractivity contribution in [3.05, 3.63) is 18.2 Å². The molecule has 0 aromatic heterocycles. The number of carbonyl (C=O) groups is 1. The van der Waals surface area contributed by atoms with Gasteiger partial charge in [-0.15, -0.1) is 0 Å². The largest absolute Gasteiger partial charge is 0.497 e. The van der Waals surface area contributed by atoms with Crippen LogP contribution in [0.25, 0.3) is 0 Å². The monoisotopic (exact) mass is 261 g/mol. The second-order valence-electron chi connectivity index (χ2n) is 5.51. The maximum Gasteiger partial charge on any atom is 0.227 e. The predicted molar refractivity (Wildman–Crippen MR) is 72.5 cm³/mol. The Bertz CT molecular complexity index is 468. The second kappa shape index (κ2) is 4.76. The van der Waals surface area contributed by atoms with Gasteiger partial charge in [-0.3, -0.25) is 4.79 Å². The molecule has 0 aliphatic heterocycles. The molecule has 2 atom stereocenters. The van der Waals surface area contributed by atoms with Crippen molar-refractivity contribution in [3.63, 3.8) is 0 Å². The second-order valence-corrected chi connectivity index (χ2v) is 5.51. The van der Waals surface area contributed by atoms with Gasteiger partial charge in [-0.2, -0.15) is 0 Å². The molecule has 2 fully saturated rings. The van der Waals surface area contributed by atoms with Crippen molar-refractivity contribution in [3.8, 4) is 11.5 Å². The Balaban J connectivity index is 1.69. The van der Waals surface area contributed by atoms with Crippen molar-refractivity contribution < 1.29 is 14.3 Å². The zero-order valence-corrected chi connectivity index (χ0v) is 11.3. The number of carbonyl (C=O) groups excluding carboxylic acids is 1. The molecule has 2 aliphatic rings. The maximum absolute atomic E-state index is 12.2. The number of fused-ring (bicyclic) bond motifs is 1. The lowest BCUT2D eigenvalue weighted by Crippen LogP contribution is -2.21. The molecule has 4 nitrogen and oxygen atoms in total. The Labute approximate surface area is 113 Å². The fourth-order valence-electron chi connectivity index (χ4n) is 3.05. The quantitative estimate of drug-likeness (QED) is 0.906. The topological polar surface area (TPSA) is 47.6 Å². The Kier molecular flexibility index (Phi) is 3.09. The third kappa shape index (κ3) is 2.53. The molecule has 2 unspecified atom stereocenters. The first-order valence-corrected chi connectivity index (χ1v) is 6.73. The molecule has 1 aromatic carbocycles. The number of amides is 1. The fourth-order valence-corrected chi connectivity index (χ4v) is 3.05. The molecule has 0 saturated heterocycles. The van der Waals surface area contributed by atoms with Crippen molar-refractivity contribution >= 4 is 11.6 Å². The summed E-state index contributed by atoms with van der Waals surface area (Å²) >= 11 is 0. The van der Waals surface area contributed by atoms with Crippen LogP contribution in [0, 0.1) is 17.8 Å². The third-order valence-electron chi connectivity index (χ3n) is 4.23. The molecule has 1 amide bonds. The lowest BCUT2D eigenvalue weighted by Gasteiger charge is -2.14. The molecule has 3 rings (SSSR count). The molecule has 2 aliphatic carbocycles. The van der Waals surface area contributed by atoms with Gasteiger partial charge >= 0.3 is 0 Å². The van der Waals surface area contributed by atoms with Crippen LogP contribution in [0.4, 0.5) is 5.69 Å². The minimum absolute atomic E-state index is 0.127. The smallest absolute Gasteiger partial charge is 0.227 e. The van der Waals surface area contributed by atoms with Gasteiger partial charge in [0.05, 0.1) is 14.2 Å². The molecule has 1 N–H and O–H groups in total. The molecule has 0 radical (unpaired) electrons. The zero-order valence-electron chi connectivity index (χ0n) is 11.3. The standard InChI is InChI=1S/C15H19NO3/c1-18-13-6-12(7-14(8-13)19-2)16-15(17)11-4-9-3-10(9)5-11/h6-11H,3-5H2,1-2H3,(H,16,17). The van der Waals surface area contributed by atoms with Gasteiger partial charge in [-0.05, 0) is 31.1 Å². The Hall–Kier alpha value is -1.71. The summed E-state index contributed by atoms with van der Waals surface area (Å²) in [6, 6.07) is 5.42. The van der Waals surface area contributed by atoms with E-state index in [0.717, 1.165) is 30.4 Å². The molecule has 2 saturated carbocycles. The Morgan fingerprint density at radius 1 is 1.05 bits per heavy atom. The first-order chi connectivity index (χ1) is 9.19. The number of hydrogen-bond acceptors (Lipinski definition) is 3. The van der Waals surface area contributed by atoms with Gasteiger partial charge in [0, 0.05) is 29.8 Å². The van der Waals surface area contributed by atoms with E-state index in [9.17, 15) is 4.79 Å². The number of rotatable bonds is 4. The van der Waals surface area contributed by atoms with E-state index in [1.807, 2.05) is 12.1 Å². The zero-order chi connectivity index (χ0) is 13.4. The van der Waals surface area contributed by atoms with Crippen molar-refractivity contribution in [2.24, 2.45) is 17.8 Å². The summed E-state index contributed by atoms with van der Waals surface area (Å²) in [5.74, 6) is 3.31. The van der Waals surface area contributed by atoms with Crippen molar-refractivity contribution in [2.75, 3.05) is 19.5 Å². The van der Waals surface area contributed by atoms with Gasteiger partial charge in [-0.25, -0.2) is 0 Å². The Morgan fingerprint density at radius 2 is 1.63 bits per heavy atom. The van der Waals surface area contributed by atoms with Crippen LogP contribution >= 0.6 is 0 Å². The van der Waals surface area contributed by atoms with E-state index in [-0.39, 0.29) is 11.8 Å². The molecule has 0 bridgehead atoms. The SMILES string of the molecule is COc1cc(NC(=O)C2CC3CC3C2)cc(OC)c1. The van der Waals surface area contributed by atoms with Crippen LogP contribution in [-0.2, 0) is 4.79 Å². The van der Waals surface area contributed by atoms with E-state index < -0.39 is 0 Å². The number of nitrogens with one attached hydrogen (secondary N) is 1. The Morgan fingerprint density at radius 3 is 2.16 bits per heavy atom. The first kappa shape index (κ1) is 12.3. The van der Waals surface area contributed by atoms with Crippen molar-refractivity contribution in [1.82, 2.24) is 0 Å². The first-order valence-electron chi connectivity index (χ1n) is 6.73. The van der Waals surface area contributed by atoms with Crippen LogP contribution in [-0.4, -0.2) is 20.1 Å². The summed E-state index contributed by atoms with van der Waals surface area (Å²) in [5, 5.41) is 2.98. The van der Waals surface area contributed by atoms with Crippen molar-refractivity contribution in [2.45, 2.75) is 19.3 Å². The minimum Gasteiger partial charge on any atom is -0.497 e. The summed E-state index contributed by atoms with van der Waals surface area (Å²) in [5.41, 5.74) is 0.738. The molecule has 0 heterocycles. The van der Waals surface area contributed by atoms with Gasteiger partial charge in [0.25, 0.3) is 0 Å².